The van der Waals surface area contributed by atoms with E-state index in [4.69, 9.17) is 0 Å². The van der Waals surface area contributed by atoms with E-state index in [-0.39, 0.29) is 0 Å². The lowest BCUT2D eigenvalue weighted by Crippen LogP contribution is -1.61. The molecule has 0 radical (unpaired) electrons. The van der Waals surface area contributed by atoms with E-state index in [1.165, 1.54) is 0 Å². The van der Waals surface area contributed by atoms with Crippen molar-refractivity contribution in [3.05, 3.63) is 0 Å². The summed E-state index contributed by atoms with van der Waals surface area (Å²) >= 11 is 3.23. The Hall–Kier alpha value is 0.910. The molecule has 2 heteroatoms. The van der Waals surface area contributed by atoms with E-state index in [2.05, 4.69) is 25.2 Å². The predicted octanol–water partition coefficient (Wildman–Crippen LogP) is 1.26. The molecule has 0 aliphatic rings. The zero-order valence-electron chi connectivity index (χ0n) is 2.37. The molecule has 0 aliphatic heterocycles. The van der Waals surface area contributed by atoms with Crippen molar-refractivity contribution in [1.82, 2.24) is 0 Å². The zero-order chi connectivity index (χ0) is 3.41. The molecule has 0 saturated heterocycles. The number of alkyl halides is 1. The second kappa shape index (κ2) is 3.91. The van der Waals surface area contributed by atoms with Gasteiger partial charge in [0.05, 0.1) is 0 Å². The van der Waals surface area contributed by atoms with E-state index in [1.807, 2.05) is 0 Å². The summed E-state index contributed by atoms with van der Waals surface area (Å²) in [6, 6.07) is 0. The van der Waals surface area contributed by atoms with Crippen molar-refractivity contribution >= 4 is 25.2 Å². The summed E-state index contributed by atoms with van der Waals surface area (Å²) in [6.07, 6.45) is 1.15. The Morgan fingerprint density at radius 3 is 2.00 bits per heavy atom. The molecule has 0 spiro atoms. The standard InChI is InChI=1S/C2H6BrP/c3-1-2-4/h1-2,4H2. The van der Waals surface area contributed by atoms with Crippen LogP contribution in [0.15, 0.2) is 0 Å². The minimum Gasteiger partial charge on any atom is -0.137 e. The van der Waals surface area contributed by atoms with Crippen LogP contribution in [0.3, 0.4) is 0 Å². The maximum atomic E-state index is 3.23. The molecule has 4 heavy (non-hydrogen) atoms. The third-order valence-corrected chi connectivity index (χ3v) is 1.70. The van der Waals surface area contributed by atoms with Crippen LogP contribution >= 0.6 is 25.2 Å². The maximum absolute atomic E-state index is 3.23. The van der Waals surface area contributed by atoms with Gasteiger partial charge in [-0.2, -0.15) is 0 Å². The summed E-state index contributed by atoms with van der Waals surface area (Å²) in [5.74, 6) is 0. The molecule has 0 aromatic heterocycles. The van der Waals surface area contributed by atoms with Crippen molar-refractivity contribution in [2.45, 2.75) is 0 Å². The fourth-order valence-corrected chi connectivity index (χ4v) is 0. The maximum Gasteiger partial charge on any atom is 0.00659 e. The Bertz CT molecular complexity index is 8.00. The lowest BCUT2D eigenvalue weighted by atomic mass is 11.0. The molecule has 0 aliphatic carbocycles. The number of rotatable bonds is 1. The number of hydrogen-bond donors (Lipinski definition) is 0. The van der Waals surface area contributed by atoms with Gasteiger partial charge in [-0.15, -0.1) is 9.24 Å². The molecule has 1 atom stereocenters. The Morgan fingerprint density at radius 2 is 2.00 bits per heavy atom. The van der Waals surface area contributed by atoms with Crippen molar-refractivity contribution < 1.29 is 0 Å². The highest BCUT2D eigenvalue weighted by Gasteiger charge is 1.58. The average Bonchev–Trinajstić information content (AvgIpc) is 1.37. The van der Waals surface area contributed by atoms with Gasteiger partial charge in [0, 0.05) is 5.33 Å². The van der Waals surface area contributed by atoms with Gasteiger partial charge in [-0.25, -0.2) is 0 Å². The van der Waals surface area contributed by atoms with E-state index in [9.17, 15) is 0 Å². The number of hydrogen-bond acceptors (Lipinski definition) is 0. The van der Waals surface area contributed by atoms with Gasteiger partial charge >= 0.3 is 0 Å². The average molecular weight is 141 g/mol. The molecule has 0 aromatic carbocycles. The van der Waals surface area contributed by atoms with E-state index in [1.54, 1.807) is 0 Å². The number of halogens is 1. The molecule has 0 aromatic rings. The van der Waals surface area contributed by atoms with Crippen molar-refractivity contribution in [3.8, 4) is 0 Å². The second-order valence-corrected chi connectivity index (χ2v) is 1.85. The van der Waals surface area contributed by atoms with Crippen LogP contribution < -0.4 is 0 Å². The molecule has 0 N–H and O–H groups in total. The Labute approximate surface area is 37.3 Å². The first-order valence-electron chi connectivity index (χ1n) is 1.18. The van der Waals surface area contributed by atoms with Crippen LogP contribution in [-0.2, 0) is 0 Å². The quantitative estimate of drug-likeness (QED) is 0.380. The van der Waals surface area contributed by atoms with Crippen LogP contribution in [-0.4, -0.2) is 11.5 Å². The first kappa shape index (κ1) is 4.91. The fourth-order valence-electron chi connectivity index (χ4n) is 0. The summed E-state index contributed by atoms with van der Waals surface area (Å²) in [4.78, 5) is 0. The topological polar surface area (TPSA) is 0 Å². The Balaban J connectivity index is 1.97. The summed E-state index contributed by atoms with van der Waals surface area (Å²) in [7, 11) is 2.61. The SMILES string of the molecule is PCCBr. The molecule has 1 unspecified atom stereocenters. The van der Waals surface area contributed by atoms with Gasteiger partial charge in [0.1, 0.15) is 0 Å². The van der Waals surface area contributed by atoms with Gasteiger partial charge in [0.2, 0.25) is 0 Å². The third-order valence-electron chi connectivity index (χ3n) is 0.109. The van der Waals surface area contributed by atoms with E-state index < -0.39 is 0 Å². The van der Waals surface area contributed by atoms with Crippen molar-refractivity contribution in [3.63, 3.8) is 0 Å². The molecule has 26 valence electrons. The Kier molecular flexibility index (Phi) is 4.80. The van der Waals surface area contributed by atoms with E-state index in [0.29, 0.717) is 0 Å². The highest BCUT2D eigenvalue weighted by molar-refractivity contribution is 9.09. The van der Waals surface area contributed by atoms with Crippen molar-refractivity contribution in [2.75, 3.05) is 11.5 Å². The largest absolute Gasteiger partial charge is 0.137 e. The molecule has 0 heterocycles. The molecule has 0 fully saturated rings. The zero-order valence-corrected chi connectivity index (χ0v) is 5.11. The van der Waals surface area contributed by atoms with Gasteiger partial charge in [-0.3, -0.25) is 0 Å². The fraction of sp³-hybridized carbons (Fsp3) is 1.00. The highest BCUT2D eigenvalue weighted by Crippen LogP contribution is 1.83. The Morgan fingerprint density at radius 1 is 1.75 bits per heavy atom. The summed E-state index contributed by atoms with van der Waals surface area (Å²) in [6.45, 7) is 0. The minimum absolute atomic E-state index is 1.09. The van der Waals surface area contributed by atoms with Crippen LogP contribution in [0, 0.1) is 0 Å². The summed E-state index contributed by atoms with van der Waals surface area (Å²) in [5.41, 5.74) is 0. The first-order valence-corrected chi connectivity index (χ1v) is 3.11. The van der Waals surface area contributed by atoms with Crippen molar-refractivity contribution in [2.24, 2.45) is 0 Å². The molecular formula is C2H6BrP. The third kappa shape index (κ3) is 2.91. The van der Waals surface area contributed by atoms with Gasteiger partial charge in [-0.1, -0.05) is 15.9 Å². The molecule has 0 amide bonds. The van der Waals surface area contributed by atoms with Crippen LogP contribution in [0.25, 0.3) is 0 Å². The van der Waals surface area contributed by atoms with Crippen LogP contribution in [0.4, 0.5) is 0 Å². The lowest BCUT2D eigenvalue weighted by molar-refractivity contribution is 1.59. The minimum atomic E-state index is 1.09. The van der Waals surface area contributed by atoms with Crippen LogP contribution in [0.1, 0.15) is 0 Å². The van der Waals surface area contributed by atoms with E-state index in [0.717, 1.165) is 11.5 Å². The van der Waals surface area contributed by atoms with Crippen LogP contribution in [0.2, 0.25) is 0 Å². The predicted molar refractivity (Wildman–Crippen MR) is 28.4 cm³/mol. The molecule has 0 rings (SSSR count). The summed E-state index contributed by atoms with van der Waals surface area (Å²) in [5, 5.41) is 1.09. The highest BCUT2D eigenvalue weighted by atomic mass is 79.9. The molecular weight excluding hydrogens is 135 g/mol. The van der Waals surface area contributed by atoms with Gasteiger partial charge in [0.25, 0.3) is 0 Å². The monoisotopic (exact) mass is 140 g/mol. The van der Waals surface area contributed by atoms with Gasteiger partial charge in [-0.05, 0) is 6.16 Å². The second-order valence-electron chi connectivity index (χ2n) is 0.478. The first-order chi connectivity index (χ1) is 1.91. The molecule has 0 nitrogen and oxygen atoms in total. The molecule has 0 bridgehead atoms. The van der Waals surface area contributed by atoms with Gasteiger partial charge < -0.3 is 0 Å². The smallest absolute Gasteiger partial charge is 0.00659 e. The normalized spacial score (nSPS) is 7.50. The molecule has 0 saturated carbocycles. The van der Waals surface area contributed by atoms with Crippen molar-refractivity contribution in [1.29, 1.82) is 0 Å². The van der Waals surface area contributed by atoms with Crippen LogP contribution in [0.5, 0.6) is 0 Å². The van der Waals surface area contributed by atoms with E-state index >= 15 is 0 Å². The summed E-state index contributed by atoms with van der Waals surface area (Å²) < 4.78 is 0. The lowest BCUT2D eigenvalue weighted by Gasteiger charge is -1.66. The van der Waals surface area contributed by atoms with Gasteiger partial charge in [0.15, 0.2) is 0 Å².